The molecule has 3 aromatic rings. The molecule has 0 amide bonds. The highest BCUT2D eigenvalue weighted by Gasteiger charge is 2.27. The topological polar surface area (TPSA) is 103 Å². The van der Waals surface area contributed by atoms with E-state index in [1.165, 1.54) is 4.31 Å². The van der Waals surface area contributed by atoms with Crippen LogP contribution in [-0.4, -0.2) is 46.9 Å². The van der Waals surface area contributed by atoms with Crippen LogP contribution >= 0.6 is 0 Å². The molecule has 1 saturated heterocycles. The fourth-order valence-corrected chi connectivity index (χ4v) is 4.99. The first-order valence-electron chi connectivity index (χ1n) is 8.74. The van der Waals surface area contributed by atoms with Crippen LogP contribution in [0.25, 0.3) is 22.2 Å². The zero-order valence-corrected chi connectivity index (χ0v) is 15.4. The number of carboxylic acid groups (broad SMARTS) is 1. The van der Waals surface area contributed by atoms with Crippen LogP contribution in [0.4, 0.5) is 0 Å². The van der Waals surface area contributed by atoms with Gasteiger partial charge < -0.3 is 10.1 Å². The lowest BCUT2D eigenvalue weighted by molar-refractivity contribution is -0.136. The number of nitrogens with one attached hydrogen (secondary N) is 1. The zero-order chi connectivity index (χ0) is 19.0. The molecule has 0 atom stereocenters. The second-order valence-corrected chi connectivity index (χ2v) is 8.56. The fraction of sp³-hybridized carbons (Fsp3) is 0.263. The van der Waals surface area contributed by atoms with E-state index in [1.807, 2.05) is 6.07 Å². The van der Waals surface area contributed by atoms with Gasteiger partial charge in [0, 0.05) is 30.4 Å². The lowest BCUT2D eigenvalue weighted by Gasteiger charge is -2.15. The summed E-state index contributed by atoms with van der Waals surface area (Å²) in [7, 11) is -3.44. The quantitative estimate of drug-likeness (QED) is 0.703. The van der Waals surface area contributed by atoms with Gasteiger partial charge in [-0.2, -0.15) is 4.31 Å². The molecule has 2 N–H and O–H groups in total. The highest BCUT2D eigenvalue weighted by molar-refractivity contribution is 7.89. The minimum atomic E-state index is -3.44. The number of aromatic amines is 1. The number of benzene rings is 1. The lowest BCUT2D eigenvalue weighted by Crippen LogP contribution is -2.27. The SMILES string of the molecule is O=C(O)Cc1cc2c(-c3ccc(S(=O)(=O)N4CCCC4)cc3)ccnc2[nH]1. The molecule has 1 aliphatic heterocycles. The predicted molar refractivity (Wildman–Crippen MR) is 101 cm³/mol. The van der Waals surface area contributed by atoms with Gasteiger partial charge in [-0.25, -0.2) is 13.4 Å². The summed E-state index contributed by atoms with van der Waals surface area (Å²) in [5.74, 6) is -0.917. The molecule has 8 heteroatoms. The molecule has 4 rings (SSSR count). The molecule has 0 bridgehead atoms. The number of rotatable bonds is 5. The summed E-state index contributed by atoms with van der Waals surface area (Å²) in [6.45, 7) is 1.15. The Balaban J connectivity index is 1.70. The van der Waals surface area contributed by atoms with E-state index in [0.29, 0.717) is 29.3 Å². The number of aliphatic carboxylic acids is 1. The summed E-state index contributed by atoms with van der Waals surface area (Å²) in [6.07, 6.45) is 3.34. The Bertz CT molecular complexity index is 1100. The molecule has 7 nitrogen and oxygen atoms in total. The molecular formula is C19H19N3O4S. The Morgan fingerprint density at radius 2 is 1.85 bits per heavy atom. The van der Waals surface area contributed by atoms with E-state index in [4.69, 9.17) is 5.11 Å². The standard InChI is InChI=1S/C19H19N3O4S/c23-18(24)12-14-11-17-16(7-8-20-19(17)21-14)13-3-5-15(6-4-13)27(25,26)22-9-1-2-10-22/h3-8,11H,1-2,9-10,12H2,(H,20,21)(H,23,24). The number of H-pyrrole nitrogens is 1. The number of nitrogens with zero attached hydrogens (tertiary/aromatic N) is 2. The summed E-state index contributed by atoms with van der Waals surface area (Å²) >= 11 is 0. The maximum atomic E-state index is 12.7. The number of hydrogen-bond acceptors (Lipinski definition) is 4. The van der Waals surface area contributed by atoms with Crippen LogP contribution < -0.4 is 0 Å². The molecule has 1 aliphatic rings. The Morgan fingerprint density at radius 3 is 2.52 bits per heavy atom. The third kappa shape index (κ3) is 3.33. The summed E-state index contributed by atoms with van der Waals surface area (Å²) < 4.78 is 26.8. The smallest absolute Gasteiger partial charge is 0.309 e. The van der Waals surface area contributed by atoms with Crippen molar-refractivity contribution < 1.29 is 18.3 Å². The van der Waals surface area contributed by atoms with Crippen molar-refractivity contribution in [1.82, 2.24) is 14.3 Å². The molecule has 140 valence electrons. The molecule has 0 aliphatic carbocycles. The molecule has 0 saturated carbocycles. The van der Waals surface area contributed by atoms with Gasteiger partial charge in [0.2, 0.25) is 10.0 Å². The van der Waals surface area contributed by atoms with E-state index in [9.17, 15) is 13.2 Å². The Hall–Kier alpha value is -2.71. The van der Waals surface area contributed by atoms with Gasteiger partial charge in [0.05, 0.1) is 11.3 Å². The number of aromatic nitrogens is 2. The van der Waals surface area contributed by atoms with Crippen LogP contribution in [0.2, 0.25) is 0 Å². The minimum absolute atomic E-state index is 0.108. The molecule has 0 spiro atoms. The molecule has 2 aromatic heterocycles. The van der Waals surface area contributed by atoms with E-state index in [-0.39, 0.29) is 6.42 Å². The van der Waals surface area contributed by atoms with Gasteiger partial charge in [-0.15, -0.1) is 0 Å². The van der Waals surface area contributed by atoms with Crippen molar-refractivity contribution in [2.75, 3.05) is 13.1 Å². The van der Waals surface area contributed by atoms with Crippen molar-refractivity contribution in [3.05, 3.63) is 48.3 Å². The van der Waals surface area contributed by atoms with Gasteiger partial charge in [0.25, 0.3) is 0 Å². The lowest BCUT2D eigenvalue weighted by atomic mass is 10.0. The highest BCUT2D eigenvalue weighted by atomic mass is 32.2. The number of hydrogen-bond donors (Lipinski definition) is 2. The molecule has 0 radical (unpaired) electrons. The summed E-state index contributed by atoms with van der Waals surface area (Å²) in [6, 6.07) is 10.4. The van der Waals surface area contributed by atoms with E-state index >= 15 is 0 Å². The van der Waals surface area contributed by atoms with Gasteiger partial charge >= 0.3 is 5.97 Å². The fourth-order valence-electron chi connectivity index (χ4n) is 3.48. The zero-order valence-electron chi connectivity index (χ0n) is 14.6. The van der Waals surface area contributed by atoms with Crippen molar-refractivity contribution in [3.8, 4) is 11.1 Å². The molecule has 27 heavy (non-hydrogen) atoms. The predicted octanol–water partition coefficient (Wildman–Crippen LogP) is 2.64. The first kappa shape index (κ1) is 17.7. The van der Waals surface area contributed by atoms with E-state index in [0.717, 1.165) is 29.4 Å². The van der Waals surface area contributed by atoms with Crippen LogP contribution in [0, 0.1) is 0 Å². The van der Waals surface area contributed by atoms with Gasteiger partial charge in [-0.05, 0) is 48.2 Å². The molecular weight excluding hydrogens is 366 g/mol. The third-order valence-corrected chi connectivity index (χ3v) is 6.71. The van der Waals surface area contributed by atoms with E-state index in [2.05, 4.69) is 9.97 Å². The summed E-state index contributed by atoms with van der Waals surface area (Å²) in [5, 5.41) is 9.78. The normalized spacial score (nSPS) is 15.4. The van der Waals surface area contributed by atoms with Crippen molar-refractivity contribution in [2.24, 2.45) is 0 Å². The number of carbonyl (C=O) groups is 1. The summed E-state index contributed by atoms with van der Waals surface area (Å²) in [5.41, 5.74) is 2.91. The Kier molecular flexibility index (Phi) is 4.45. The largest absolute Gasteiger partial charge is 0.481 e. The van der Waals surface area contributed by atoms with Crippen molar-refractivity contribution in [3.63, 3.8) is 0 Å². The molecule has 3 heterocycles. The monoisotopic (exact) mass is 385 g/mol. The highest BCUT2D eigenvalue weighted by Crippen LogP contribution is 2.30. The third-order valence-electron chi connectivity index (χ3n) is 4.80. The Labute approximate surface area is 156 Å². The van der Waals surface area contributed by atoms with E-state index < -0.39 is 16.0 Å². The second kappa shape index (κ2) is 6.79. The van der Waals surface area contributed by atoms with Crippen LogP contribution in [-0.2, 0) is 21.2 Å². The average Bonchev–Trinajstić information content (AvgIpc) is 3.30. The maximum absolute atomic E-state index is 12.7. The maximum Gasteiger partial charge on any atom is 0.309 e. The average molecular weight is 385 g/mol. The molecule has 1 aromatic carbocycles. The van der Waals surface area contributed by atoms with Crippen molar-refractivity contribution in [2.45, 2.75) is 24.2 Å². The second-order valence-electron chi connectivity index (χ2n) is 6.62. The minimum Gasteiger partial charge on any atom is -0.481 e. The van der Waals surface area contributed by atoms with Crippen LogP contribution in [0.3, 0.4) is 0 Å². The van der Waals surface area contributed by atoms with Crippen molar-refractivity contribution >= 4 is 27.0 Å². The first-order chi connectivity index (χ1) is 12.9. The van der Waals surface area contributed by atoms with Crippen LogP contribution in [0.5, 0.6) is 0 Å². The van der Waals surface area contributed by atoms with Gasteiger partial charge in [0.15, 0.2) is 0 Å². The summed E-state index contributed by atoms with van der Waals surface area (Å²) in [4.78, 5) is 18.5. The first-order valence-corrected chi connectivity index (χ1v) is 10.2. The number of carboxylic acids is 1. The van der Waals surface area contributed by atoms with Gasteiger partial charge in [-0.1, -0.05) is 12.1 Å². The Morgan fingerprint density at radius 1 is 1.15 bits per heavy atom. The van der Waals surface area contributed by atoms with Crippen molar-refractivity contribution in [1.29, 1.82) is 0 Å². The van der Waals surface area contributed by atoms with E-state index in [1.54, 1.807) is 36.5 Å². The van der Waals surface area contributed by atoms with Crippen LogP contribution in [0.1, 0.15) is 18.5 Å². The van der Waals surface area contributed by atoms with Gasteiger partial charge in [-0.3, -0.25) is 4.79 Å². The number of fused-ring (bicyclic) bond motifs is 1. The van der Waals surface area contributed by atoms with Crippen LogP contribution in [0.15, 0.2) is 47.5 Å². The molecule has 0 unspecified atom stereocenters. The van der Waals surface area contributed by atoms with Gasteiger partial charge in [0.1, 0.15) is 5.65 Å². The number of sulfonamides is 1. The molecule has 1 fully saturated rings. The number of pyridine rings is 1.